The van der Waals surface area contributed by atoms with E-state index in [1.165, 1.54) is 0 Å². The maximum atomic E-state index is 13.0. The van der Waals surface area contributed by atoms with Crippen molar-refractivity contribution in [3.05, 3.63) is 23.8 Å². The Bertz CT molecular complexity index is 823. The van der Waals surface area contributed by atoms with Gasteiger partial charge in [-0.25, -0.2) is 0 Å². The Kier molecular flexibility index (Phi) is 6.34. The van der Waals surface area contributed by atoms with Gasteiger partial charge in [0.05, 0.1) is 20.1 Å². The molecule has 3 fully saturated rings. The summed E-state index contributed by atoms with van der Waals surface area (Å²) in [5.74, 6) is 1.35. The zero-order chi connectivity index (χ0) is 22.0. The van der Waals surface area contributed by atoms with Crippen molar-refractivity contribution in [2.75, 3.05) is 40.4 Å². The topological polar surface area (TPSA) is 88.2 Å². The fourth-order valence-corrected chi connectivity index (χ4v) is 4.41. The van der Waals surface area contributed by atoms with Gasteiger partial charge in [0.2, 0.25) is 11.8 Å². The average Bonchev–Trinajstić information content (AvgIpc) is 3.53. The predicted molar refractivity (Wildman–Crippen MR) is 114 cm³/mol. The van der Waals surface area contributed by atoms with Crippen molar-refractivity contribution in [2.45, 2.75) is 38.1 Å². The highest BCUT2D eigenvalue weighted by Crippen LogP contribution is 2.28. The molecule has 1 saturated carbocycles. The van der Waals surface area contributed by atoms with E-state index in [1.54, 1.807) is 32.4 Å². The summed E-state index contributed by atoms with van der Waals surface area (Å²) in [5.41, 5.74) is 0.550. The van der Waals surface area contributed by atoms with E-state index in [0.717, 1.165) is 25.7 Å². The van der Waals surface area contributed by atoms with Crippen molar-refractivity contribution >= 4 is 17.7 Å². The maximum Gasteiger partial charge on any atom is 0.254 e. The summed E-state index contributed by atoms with van der Waals surface area (Å²) in [4.78, 5) is 41.3. The Balaban J connectivity index is 1.28. The van der Waals surface area contributed by atoms with E-state index in [9.17, 15) is 14.4 Å². The van der Waals surface area contributed by atoms with Gasteiger partial charge in [0.1, 0.15) is 11.5 Å². The van der Waals surface area contributed by atoms with Crippen LogP contribution in [0.1, 0.15) is 42.5 Å². The van der Waals surface area contributed by atoms with Gasteiger partial charge in [-0.1, -0.05) is 0 Å². The first-order valence-electron chi connectivity index (χ1n) is 11.1. The first-order valence-corrected chi connectivity index (χ1v) is 11.1. The summed E-state index contributed by atoms with van der Waals surface area (Å²) in [6.45, 7) is 2.48. The van der Waals surface area contributed by atoms with Crippen molar-refractivity contribution in [3.8, 4) is 11.5 Å². The molecule has 31 heavy (non-hydrogen) atoms. The fourth-order valence-electron chi connectivity index (χ4n) is 4.41. The van der Waals surface area contributed by atoms with Crippen LogP contribution in [0, 0.1) is 11.8 Å². The van der Waals surface area contributed by atoms with Crippen molar-refractivity contribution in [3.63, 3.8) is 0 Å². The van der Waals surface area contributed by atoms with Crippen LogP contribution in [0.5, 0.6) is 11.5 Å². The number of carbonyl (C=O) groups excluding carboxylic acids is 3. The summed E-state index contributed by atoms with van der Waals surface area (Å²) >= 11 is 0. The van der Waals surface area contributed by atoms with Gasteiger partial charge in [-0.15, -0.1) is 0 Å². The molecule has 1 N–H and O–H groups in total. The van der Waals surface area contributed by atoms with Crippen LogP contribution in [0.4, 0.5) is 0 Å². The van der Waals surface area contributed by atoms with E-state index < -0.39 is 0 Å². The smallest absolute Gasteiger partial charge is 0.254 e. The number of nitrogens with one attached hydrogen (secondary N) is 1. The quantitative estimate of drug-likeness (QED) is 0.713. The molecule has 168 valence electrons. The minimum absolute atomic E-state index is 0.0208. The van der Waals surface area contributed by atoms with Crippen LogP contribution in [0.2, 0.25) is 0 Å². The number of nitrogens with zero attached hydrogens (tertiary/aromatic N) is 2. The molecule has 1 unspecified atom stereocenters. The number of carbonyl (C=O) groups is 3. The number of piperidine rings is 1. The first kappa shape index (κ1) is 21.5. The average molecular weight is 430 g/mol. The Morgan fingerprint density at radius 1 is 1.03 bits per heavy atom. The van der Waals surface area contributed by atoms with Crippen LogP contribution in [0.3, 0.4) is 0 Å². The van der Waals surface area contributed by atoms with Gasteiger partial charge >= 0.3 is 0 Å². The lowest BCUT2D eigenvalue weighted by Gasteiger charge is -2.34. The van der Waals surface area contributed by atoms with Gasteiger partial charge in [-0.05, 0) is 43.7 Å². The molecule has 2 heterocycles. The molecule has 1 aliphatic carbocycles. The minimum Gasteiger partial charge on any atom is -0.497 e. The van der Waals surface area contributed by atoms with Crippen LogP contribution < -0.4 is 14.8 Å². The van der Waals surface area contributed by atoms with Gasteiger partial charge in [0, 0.05) is 50.3 Å². The molecule has 4 rings (SSSR count). The molecular formula is C23H31N3O5. The number of methoxy groups -OCH3 is 2. The van der Waals surface area contributed by atoms with E-state index in [2.05, 4.69) is 5.32 Å². The SMILES string of the molecule is COc1cc(OC)cc(C(=O)N2CCC(CN3CC(C(=O)NC4CC4)CC3=O)CC2)c1. The van der Waals surface area contributed by atoms with Gasteiger partial charge in [-0.2, -0.15) is 0 Å². The third kappa shape index (κ3) is 5.11. The molecule has 2 saturated heterocycles. The van der Waals surface area contributed by atoms with E-state index in [0.29, 0.717) is 61.6 Å². The predicted octanol–water partition coefficient (Wildman–Crippen LogP) is 1.68. The lowest BCUT2D eigenvalue weighted by molar-refractivity contribution is -0.129. The molecule has 8 heteroatoms. The summed E-state index contributed by atoms with van der Waals surface area (Å²) in [6.07, 6.45) is 4.10. The monoisotopic (exact) mass is 429 g/mol. The summed E-state index contributed by atoms with van der Waals surface area (Å²) in [5, 5.41) is 3.01. The second kappa shape index (κ2) is 9.16. The van der Waals surface area contributed by atoms with Crippen molar-refractivity contribution in [2.24, 2.45) is 11.8 Å². The molecule has 3 aliphatic rings. The molecule has 2 aliphatic heterocycles. The molecule has 8 nitrogen and oxygen atoms in total. The zero-order valence-corrected chi connectivity index (χ0v) is 18.3. The van der Waals surface area contributed by atoms with Crippen LogP contribution in [-0.4, -0.2) is 74.0 Å². The van der Waals surface area contributed by atoms with Crippen LogP contribution >= 0.6 is 0 Å². The van der Waals surface area contributed by atoms with E-state index >= 15 is 0 Å². The van der Waals surface area contributed by atoms with Crippen molar-refractivity contribution in [1.29, 1.82) is 0 Å². The third-order valence-electron chi connectivity index (χ3n) is 6.49. The summed E-state index contributed by atoms with van der Waals surface area (Å²) < 4.78 is 10.5. The van der Waals surface area contributed by atoms with E-state index in [-0.39, 0.29) is 23.6 Å². The van der Waals surface area contributed by atoms with Crippen molar-refractivity contribution < 1.29 is 23.9 Å². The number of benzene rings is 1. The number of likely N-dealkylation sites (tertiary alicyclic amines) is 2. The number of hydrogen-bond donors (Lipinski definition) is 1. The van der Waals surface area contributed by atoms with Crippen LogP contribution in [0.25, 0.3) is 0 Å². The standard InChI is InChI=1S/C23H31N3O5/c1-30-19-9-16(10-20(12-19)31-2)23(29)25-7-5-15(6-8-25)13-26-14-17(11-21(26)27)22(28)24-18-3-4-18/h9-10,12,15,17-18H,3-8,11,13-14H2,1-2H3,(H,24,28). The molecule has 3 amide bonds. The molecule has 1 aromatic rings. The van der Waals surface area contributed by atoms with Crippen LogP contribution in [-0.2, 0) is 9.59 Å². The highest BCUT2D eigenvalue weighted by molar-refractivity contribution is 5.95. The second-order valence-electron chi connectivity index (χ2n) is 8.82. The number of hydrogen-bond acceptors (Lipinski definition) is 5. The first-order chi connectivity index (χ1) is 15.0. The molecule has 0 spiro atoms. The van der Waals surface area contributed by atoms with Crippen LogP contribution in [0.15, 0.2) is 18.2 Å². The maximum absolute atomic E-state index is 13.0. The Morgan fingerprint density at radius 2 is 1.68 bits per heavy atom. The normalized spacial score (nSPS) is 21.9. The molecule has 0 radical (unpaired) electrons. The second-order valence-corrected chi connectivity index (χ2v) is 8.82. The lowest BCUT2D eigenvalue weighted by Crippen LogP contribution is -2.42. The number of amides is 3. The third-order valence-corrected chi connectivity index (χ3v) is 6.49. The molecule has 1 atom stereocenters. The molecular weight excluding hydrogens is 398 g/mol. The molecule has 1 aromatic carbocycles. The molecule has 0 bridgehead atoms. The zero-order valence-electron chi connectivity index (χ0n) is 18.3. The van der Waals surface area contributed by atoms with Gasteiger partial charge in [0.15, 0.2) is 0 Å². The largest absolute Gasteiger partial charge is 0.497 e. The minimum atomic E-state index is -0.224. The fraction of sp³-hybridized carbons (Fsp3) is 0.609. The van der Waals surface area contributed by atoms with Gasteiger partial charge in [-0.3, -0.25) is 14.4 Å². The highest BCUT2D eigenvalue weighted by atomic mass is 16.5. The lowest BCUT2D eigenvalue weighted by atomic mass is 9.95. The summed E-state index contributed by atoms with van der Waals surface area (Å²) in [6, 6.07) is 5.52. The number of ether oxygens (including phenoxy) is 2. The Hall–Kier alpha value is -2.77. The van der Waals surface area contributed by atoms with E-state index in [1.807, 2.05) is 9.80 Å². The molecule has 0 aromatic heterocycles. The van der Waals surface area contributed by atoms with Gasteiger partial charge < -0.3 is 24.6 Å². The van der Waals surface area contributed by atoms with Crippen molar-refractivity contribution in [1.82, 2.24) is 15.1 Å². The Morgan fingerprint density at radius 3 is 2.26 bits per heavy atom. The highest BCUT2D eigenvalue weighted by Gasteiger charge is 2.37. The summed E-state index contributed by atoms with van der Waals surface area (Å²) in [7, 11) is 3.13. The Labute approximate surface area is 182 Å². The van der Waals surface area contributed by atoms with Gasteiger partial charge in [0.25, 0.3) is 5.91 Å². The van der Waals surface area contributed by atoms with E-state index in [4.69, 9.17) is 9.47 Å². The number of rotatable bonds is 7.